The fourth-order valence-electron chi connectivity index (χ4n) is 1.45. The number of nitrogens with zero attached hydrogens (tertiary/aromatic N) is 1. The van der Waals surface area contributed by atoms with Gasteiger partial charge in [-0.1, -0.05) is 23.2 Å². The highest BCUT2D eigenvalue weighted by Crippen LogP contribution is 2.28. The first-order valence-corrected chi connectivity index (χ1v) is 6.38. The molecule has 0 aromatic heterocycles. The van der Waals surface area contributed by atoms with Crippen LogP contribution in [0.15, 0.2) is 18.2 Å². The number of carbonyl (C=O) groups is 2. The van der Waals surface area contributed by atoms with Crippen molar-refractivity contribution in [2.45, 2.75) is 0 Å². The summed E-state index contributed by atoms with van der Waals surface area (Å²) >= 11 is 13.0. The average Bonchev–Trinajstić information content (AvgIpc) is 2.15. The highest BCUT2D eigenvalue weighted by molar-refractivity contribution is 8.00. The summed E-state index contributed by atoms with van der Waals surface area (Å²) in [5, 5.41) is 0.808. The number of imide groups is 1. The summed E-state index contributed by atoms with van der Waals surface area (Å²) in [5.41, 5.74) is 0.438. The molecule has 1 heterocycles. The van der Waals surface area contributed by atoms with Gasteiger partial charge < -0.3 is 0 Å². The Bertz CT molecular complexity index is 428. The van der Waals surface area contributed by atoms with Gasteiger partial charge in [-0.2, -0.15) is 0 Å². The Hall–Kier alpha value is -0.710. The van der Waals surface area contributed by atoms with Gasteiger partial charge in [0.2, 0.25) is 11.8 Å². The third kappa shape index (κ3) is 2.34. The molecule has 84 valence electrons. The van der Waals surface area contributed by atoms with E-state index >= 15 is 0 Å². The van der Waals surface area contributed by atoms with E-state index in [1.54, 1.807) is 18.2 Å². The molecule has 3 nitrogen and oxygen atoms in total. The van der Waals surface area contributed by atoms with Crippen molar-refractivity contribution in [2.24, 2.45) is 0 Å². The average molecular weight is 276 g/mol. The zero-order valence-electron chi connectivity index (χ0n) is 8.07. The smallest absolute Gasteiger partial charge is 0.243 e. The minimum atomic E-state index is -0.236. The van der Waals surface area contributed by atoms with E-state index in [4.69, 9.17) is 23.2 Å². The summed E-state index contributed by atoms with van der Waals surface area (Å²) in [5.74, 6) is 0.130. The van der Waals surface area contributed by atoms with Gasteiger partial charge in [-0.25, -0.2) is 4.90 Å². The number of thioether (sulfide) groups is 1. The van der Waals surface area contributed by atoms with E-state index in [0.717, 1.165) is 4.90 Å². The summed E-state index contributed by atoms with van der Waals surface area (Å²) in [4.78, 5) is 24.4. The van der Waals surface area contributed by atoms with Crippen molar-refractivity contribution in [3.05, 3.63) is 28.2 Å². The Morgan fingerprint density at radius 3 is 2.00 bits per heavy atom. The standard InChI is InChI=1S/C10H7Cl2NO2S/c11-6-1-7(12)3-8(2-6)13-9(14)4-16-5-10(13)15/h1-3H,4-5H2. The fourth-order valence-corrected chi connectivity index (χ4v) is 2.67. The molecule has 1 aromatic carbocycles. The Morgan fingerprint density at radius 2 is 1.50 bits per heavy atom. The van der Waals surface area contributed by atoms with Crippen molar-refractivity contribution in [3.8, 4) is 0 Å². The first-order chi connectivity index (χ1) is 7.58. The lowest BCUT2D eigenvalue weighted by Crippen LogP contribution is -2.43. The lowest BCUT2D eigenvalue weighted by atomic mass is 10.2. The van der Waals surface area contributed by atoms with Crippen molar-refractivity contribution in [1.82, 2.24) is 0 Å². The Balaban J connectivity index is 2.41. The van der Waals surface area contributed by atoms with Crippen molar-refractivity contribution >= 4 is 52.5 Å². The number of rotatable bonds is 1. The molecule has 0 unspecified atom stereocenters. The monoisotopic (exact) mass is 275 g/mol. The maximum atomic E-state index is 11.6. The molecule has 16 heavy (non-hydrogen) atoms. The van der Waals surface area contributed by atoms with Crippen molar-refractivity contribution in [1.29, 1.82) is 0 Å². The Labute approximate surface area is 107 Å². The number of anilines is 1. The largest absolute Gasteiger partial charge is 0.273 e. The van der Waals surface area contributed by atoms with E-state index in [1.807, 2.05) is 0 Å². The van der Waals surface area contributed by atoms with Crippen LogP contribution in [0.2, 0.25) is 10.0 Å². The highest BCUT2D eigenvalue weighted by Gasteiger charge is 2.28. The molecule has 0 spiro atoms. The molecule has 0 radical (unpaired) electrons. The van der Waals surface area contributed by atoms with Crippen molar-refractivity contribution < 1.29 is 9.59 Å². The molecule has 0 atom stereocenters. The molecule has 0 N–H and O–H groups in total. The van der Waals surface area contributed by atoms with Crippen LogP contribution in [0.4, 0.5) is 5.69 Å². The van der Waals surface area contributed by atoms with Gasteiger partial charge in [-0.05, 0) is 18.2 Å². The minimum absolute atomic E-state index is 0.236. The van der Waals surface area contributed by atoms with Crippen LogP contribution in [0.25, 0.3) is 0 Å². The lowest BCUT2D eigenvalue weighted by molar-refractivity contribution is -0.124. The molecule has 1 aliphatic rings. The van der Waals surface area contributed by atoms with Gasteiger partial charge in [-0.3, -0.25) is 9.59 Å². The van der Waals surface area contributed by atoms with Crippen molar-refractivity contribution in [3.63, 3.8) is 0 Å². The van der Waals surface area contributed by atoms with E-state index in [0.29, 0.717) is 27.2 Å². The summed E-state index contributed by atoms with van der Waals surface area (Å²) < 4.78 is 0. The molecule has 0 aliphatic carbocycles. The van der Waals surface area contributed by atoms with E-state index in [1.165, 1.54) is 11.8 Å². The first kappa shape index (κ1) is 11.8. The second-order valence-corrected chi connectivity index (χ2v) is 5.10. The quantitative estimate of drug-likeness (QED) is 0.740. The number of hydrogen-bond acceptors (Lipinski definition) is 3. The minimum Gasteiger partial charge on any atom is -0.273 e. The molecule has 2 amide bonds. The van der Waals surface area contributed by atoms with Gasteiger partial charge in [0.1, 0.15) is 0 Å². The molecule has 1 aromatic rings. The van der Waals surface area contributed by atoms with Crippen LogP contribution in [0, 0.1) is 0 Å². The van der Waals surface area contributed by atoms with Gasteiger partial charge in [0.05, 0.1) is 17.2 Å². The number of halogens is 2. The molecule has 1 saturated heterocycles. The van der Waals surface area contributed by atoms with Crippen LogP contribution in [0.1, 0.15) is 0 Å². The summed E-state index contributed by atoms with van der Waals surface area (Å²) in [6.45, 7) is 0. The molecule has 2 rings (SSSR count). The van der Waals surface area contributed by atoms with Crippen LogP contribution in [-0.2, 0) is 9.59 Å². The summed E-state index contributed by atoms with van der Waals surface area (Å²) in [6, 6.07) is 4.67. The normalized spacial score (nSPS) is 16.8. The van der Waals surface area contributed by atoms with Gasteiger partial charge in [-0.15, -0.1) is 11.8 Å². The zero-order chi connectivity index (χ0) is 11.7. The second kappa shape index (κ2) is 4.65. The van der Waals surface area contributed by atoms with Crippen LogP contribution in [0.3, 0.4) is 0 Å². The summed E-state index contributed by atoms with van der Waals surface area (Å²) in [7, 11) is 0. The van der Waals surface area contributed by atoms with E-state index in [-0.39, 0.29) is 11.8 Å². The molecule has 1 fully saturated rings. The van der Waals surface area contributed by atoms with E-state index in [2.05, 4.69) is 0 Å². The summed E-state index contributed by atoms with van der Waals surface area (Å²) in [6.07, 6.45) is 0. The van der Waals surface area contributed by atoms with Gasteiger partial charge in [0, 0.05) is 10.0 Å². The molecule has 1 aliphatic heterocycles. The Kier molecular flexibility index (Phi) is 3.42. The molecule has 6 heteroatoms. The van der Waals surface area contributed by atoms with Crippen LogP contribution in [0.5, 0.6) is 0 Å². The fraction of sp³-hybridized carbons (Fsp3) is 0.200. The number of benzene rings is 1. The third-order valence-electron chi connectivity index (χ3n) is 2.06. The van der Waals surface area contributed by atoms with E-state index < -0.39 is 0 Å². The predicted octanol–water partition coefficient (Wildman–Crippen LogP) is 2.60. The maximum absolute atomic E-state index is 11.6. The van der Waals surface area contributed by atoms with Crippen LogP contribution >= 0.6 is 35.0 Å². The molecule has 0 bridgehead atoms. The number of amides is 2. The molecule has 0 saturated carbocycles. The second-order valence-electron chi connectivity index (χ2n) is 3.24. The van der Waals surface area contributed by atoms with Gasteiger partial charge >= 0.3 is 0 Å². The first-order valence-electron chi connectivity index (χ1n) is 4.47. The highest BCUT2D eigenvalue weighted by atomic mass is 35.5. The third-order valence-corrected chi connectivity index (χ3v) is 3.39. The Morgan fingerprint density at radius 1 is 1.00 bits per heavy atom. The SMILES string of the molecule is O=C1CSCC(=O)N1c1cc(Cl)cc(Cl)c1. The van der Waals surface area contributed by atoms with Gasteiger partial charge in [0.25, 0.3) is 0 Å². The van der Waals surface area contributed by atoms with Crippen LogP contribution in [-0.4, -0.2) is 23.3 Å². The van der Waals surface area contributed by atoms with E-state index in [9.17, 15) is 9.59 Å². The van der Waals surface area contributed by atoms with Crippen LogP contribution < -0.4 is 4.90 Å². The predicted molar refractivity (Wildman–Crippen MR) is 66.3 cm³/mol. The zero-order valence-corrected chi connectivity index (χ0v) is 10.4. The maximum Gasteiger partial charge on any atom is 0.243 e. The van der Waals surface area contributed by atoms with Crippen molar-refractivity contribution in [2.75, 3.05) is 16.4 Å². The number of carbonyl (C=O) groups excluding carboxylic acids is 2. The topological polar surface area (TPSA) is 37.4 Å². The van der Waals surface area contributed by atoms with Gasteiger partial charge in [0.15, 0.2) is 0 Å². The lowest BCUT2D eigenvalue weighted by Gasteiger charge is -2.24. The molecular formula is C10H7Cl2NO2S. The number of hydrogen-bond donors (Lipinski definition) is 0. The molecular weight excluding hydrogens is 269 g/mol.